The van der Waals surface area contributed by atoms with E-state index in [-0.39, 0.29) is 0 Å². The van der Waals surface area contributed by atoms with Crippen LogP contribution in [0.15, 0.2) is 24.3 Å². The minimum Gasteiger partial charge on any atom is -0.496 e. The molecule has 0 spiro atoms. The third-order valence-electron chi connectivity index (χ3n) is 3.56. The molecule has 3 nitrogen and oxygen atoms in total. The molecule has 1 aromatic carbocycles. The Morgan fingerprint density at radius 3 is 2.88 bits per heavy atom. The molecule has 0 bridgehead atoms. The highest BCUT2D eigenvalue weighted by Gasteiger charge is 2.22. The summed E-state index contributed by atoms with van der Waals surface area (Å²) >= 11 is 0. The number of benzene rings is 1. The average Bonchev–Trinajstić information content (AvgIpc) is 2.76. The van der Waals surface area contributed by atoms with Crippen molar-refractivity contribution in [1.82, 2.24) is 5.32 Å². The molecule has 0 aliphatic heterocycles. The number of hydrogen-bond acceptors (Lipinski definition) is 3. The molecule has 2 atom stereocenters. The molecule has 17 heavy (non-hydrogen) atoms. The van der Waals surface area contributed by atoms with E-state index in [0.717, 1.165) is 25.1 Å². The van der Waals surface area contributed by atoms with Gasteiger partial charge in [0.1, 0.15) is 5.75 Å². The summed E-state index contributed by atoms with van der Waals surface area (Å²) in [6, 6.07) is 9.03. The van der Waals surface area contributed by atoms with Crippen LogP contribution in [0, 0.1) is 0 Å². The van der Waals surface area contributed by atoms with Crippen LogP contribution in [0.25, 0.3) is 0 Å². The maximum Gasteiger partial charge on any atom is 0.122 e. The van der Waals surface area contributed by atoms with Crippen LogP contribution in [-0.4, -0.2) is 25.7 Å². The quantitative estimate of drug-likeness (QED) is 0.815. The topological polar surface area (TPSA) is 47.3 Å². The number of para-hydroxylation sites is 1. The van der Waals surface area contributed by atoms with Crippen LogP contribution in [0.3, 0.4) is 0 Å². The summed E-state index contributed by atoms with van der Waals surface area (Å²) in [5.74, 6) is 0.977. The Kier molecular flexibility index (Phi) is 4.40. The van der Waals surface area contributed by atoms with Crippen molar-refractivity contribution in [2.75, 3.05) is 13.7 Å². The number of methoxy groups -OCH3 is 1. The molecule has 2 rings (SSSR count). The molecule has 3 heteroatoms. The lowest BCUT2D eigenvalue weighted by Crippen LogP contribution is -2.41. The zero-order valence-electron chi connectivity index (χ0n) is 10.5. The second-order valence-corrected chi connectivity index (χ2v) is 4.72. The number of rotatable bonds is 5. The van der Waals surface area contributed by atoms with Gasteiger partial charge < -0.3 is 15.8 Å². The molecular weight excluding hydrogens is 212 g/mol. The van der Waals surface area contributed by atoms with E-state index in [0.29, 0.717) is 12.1 Å². The molecule has 2 unspecified atom stereocenters. The summed E-state index contributed by atoms with van der Waals surface area (Å²) in [5, 5.41) is 3.55. The number of nitrogens with two attached hydrogens (primary N) is 1. The van der Waals surface area contributed by atoms with Gasteiger partial charge in [0.05, 0.1) is 7.11 Å². The third kappa shape index (κ3) is 3.20. The van der Waals surface area contributed by atoms with E-state index in [1.165, 1.54) is 18.4 Å². The van der Waals surface area contributed by atoms with Gasteiger partial charge in [0, 0.05) is 12.1 Å². The summed E-state index contributed by atoms with van der Waals surface area (Å²) in [4.78, 5) is 0. The van der Waals surface area contributed by atoms with Crippen molar-refractivity contribution in [2.24, 2.45) is 5.73 Å². The predicted octanol–water partition coefficient (Wildman–Crippen LogP) is 1.71. The molecule has 1 aliphatic carbocycles. The van der Waals surface area contributed by atoms with E-state index in [4.69, 9.17) is 10.5 Å². The molecule has 1 aromatic rings. The van der Waals surface area contributed by atoms with Crippen molar-refractivity contribution in [3.05, 3.63) is 29.8 Å². The van der Waals surface area contributed by atoms with E-state index < -0.39 is 0 Å². The van der Waals surface area contributed by atoms with Crippen molar-refractivity contribution < 1.29 is 4.74 Å². The first-order valence-corrected chi connectivity index (χ1v) is 6.42. The Hall–Kier alpha value is -1.06. The lowest BCUT2D eigenvalue weighted by molar-refractivity contribution is 0.407. The second-order valence-electron chi connectivity index (χ2n) is 4.72. The summed E-state index contributed by atoms with van der Waals surface area (Å²) in [5.41, 5.74) is 7.29. The molecule has 1 fully saturated rings. The predicted molar refractivity (Wildman–Crippen MR) is 70.3 cm³/mol. The van der Waals surface area contributed by atoms with Gasteiger partial charge in [0.25, 0.3) is 0 Å². The van der Waals surface area contributed by atoms with Crippen molar-refractivity contribution in [2.45, 2.75) is 37.8 Å². The highest BCUT2D eigenvalue weighted by atomic mass is 16.5. The van der Waals surface area contributed by atoms with Crippen LogP contribution >= 0.6 is 0 Å². The number of hydrogen-bond donors (Lipinski definition) is 2. The Balaban J connectivity index is 1.81. The fraction of sp³-hybridized carbons (Fsp3) is 0.571. The first kappa shape index (κ1) is 12.4. The van der Waals surface area contributed by atoms with Crippen molar-refractivity contribution in [3.63, 3.8) is 0 Å². The smallest absolute Gasteiger partial charge is 0.122 e. The van der Waals surface area contributed by atoms with Gasteiger partial charge in [-0.1, -0.05) is 24.6 Å². The van der Waals surface area contributed by atoms with Gasteiger partial charge in [0.15, 0.2) is 0 Å². The van der Waals surface area contributed by atoms with E-state index in [1.54, 1.807) is 7.11 Å². The fourth-order valence-corrected chi connectivity index (χ4v) is 2.54. The first-order valence-electron chi connectivity index (χ1n) is 6.42. The Labute approximate surface area is 103 Å². The Morgan fingerprint density at radius 2 is 2.18 bits per heavy atom. The van der Waals surface area contributed by atoms with E-state index >= 15 is 0 Å². The largest absolute Gasteiger partial charge is 0.496 e. The molecule has 0 radical (unpaired) electrons. The molecule has 94 valence electrons. The van der Waals surface area contributed by atoms with Gasteiger partial charge in [-0.05, 0) is 37.4 Å². The van der Waals surface area contributed by atoms with Crippen LogP contribution in [0.5, 0.6) is 5.75 Å². The molecule has 1 saturated carbocycles. The Bertz CT molecular complexity index is 354. The average molecular weight is 234 g/mol. The van der Waals surface area contributed by atoms with Gasteiger partial charge in [0.2, 0.25) is 0 Å². The molecule has 0 saturated heterocycles. The normalized spacial score (nSPS) is 23.9. The SMILES string of the molecule is COc1ccccc1CCNC1CCCC1N. The molecular formula is C14H22N2O. The summed E-state index contributed by atoms with van der Waals surface area (Å²) in [6.07, 6.45) is 4.63. The van der Waals surface area contributed by atoms with Crippen molar-refractivity contribution in [1.29, 1.82) is 0 Å². The van der Waals surface area contributed by atoms with Crippen LogP contribution < -0.4 is 15.8 Å². The van der Waals surface area contributed by atoms with Crippen LogP contribution in [0.2, 0.25) is 0 Å². The van der Waals surface area contributed by atoms with Gasteiger partial charge >= 0.3 is 0 Å². The van der Waals surface area contributed by atoms with E-state index in [1.807, 2.05) is 12.1 Å². The molecule has 0 heterocycles. The van der Waals surface area contributed by atoms with Gasteiger partial charge in [-0.2, -0.15) is 0 Å². The van der Waals surface area contributed by atoms with E-state index in [9.17, 15) is 0 Å². The lowest BCUT2D eigenvalue weighted by atomic mass is 10.1. The third-order valence-corrected chi connectivity index (χ3v) is 3.56. The molecule has 3 N–H and O–H groups in total. The van der Waals surface area contributed by atoms with Crippen LogP contribution in [0.4, 0.5) is 0 Å². The van der Waals surface area contributed by atoms with Gasteiger partial charge in [-0.15, -0.1) is 0 Å². The van der Waals surface area contributed by atoms with Gasteiger partial charge in [-0.3, -0.25) is 0 Å². The lowest BCUT2D eigenvalue weighted by Gasteiger charge is -2.17. The molecule has 1 aliphatic rings. The second kappa shape index (κ2) is 6.03. The molecule has 0 amide bonds. The first-order chi connectivity index (χ1) is 8.31. The number of nitrogens with one attached hydrogen (secondary N) is 1. The highest BCUT2D eigenvalue weighted by Crippen LogP contribution is 2.19. The fourth-order valence-electron chi connectivity index (χ4n) is 2.54. The van der Waals surface area contributed by atoms with Crippen LogP contribution in [0.1, 0.15) is 24.8 Å². The van der Waals surface area contributed by atoms with Crippen LogP contribution in [-0.2, 0) is 6.42 Å². The van der Waals surface area contributed by atoms with Crippen molar-refractivity contribution in [3.8, 4) is 5.75 Å². The zero-order chi connectivity index (χ0) is 12.1. The minimum atomic E-state index is 0.340. The summed E-state index contributed by atoms with van der Waals surface area (Å²) < 4.78 is 5.34. The maximum atomic E-state index is 6.03. The number of ether oxygens (including phenoxy) is 1. The minimum absolute atomic E-state index is 0.340. The van der Waals surface area contributed by atoms with Gasteiger partial charge in [-0.25, -0.2) is 0 Å². The summed E-state index contributed by atoms with van der Waals surface area (Å²) in [6.45, 7) is 0.971. The standard InChI is InChI=1S/C14H22N2O/c1-17-14-8-3-2-5-11(14)9-10-16-13-7-4-6-12(13)15/h2-3,5,8,12-13,16H,4,6-7,9-10,15H2,1H3. The summed E-state index contributed by atoms with van der Waals surface area (Å²) in [7, 11) is 1.72. The monoisotopic (exact) mass is 234 g/mol. The highest BCUT2D eigenvalue weighted by molar-refractivity contribution is 5.33. The van der Waals surface area contributed by atoms with E-state index in [2.05, 4.69) is 17.4 Å². The van der Waals surface area contributed by atoms with Crippen molar-refractivity contribution >= 4 is 0 Å². The Morgan fingerprint density at radius 1 is 1.35 bits per heavy atom. The zero-order valence-corrected chi connectivity index (χ0v) is 10.5. The molecule has 0 aromatic heterocycles. The maximum absolute atomic E-state index is 6.03.